The normalized spacial score (nSPS) is 14.3. The number of nitrogens with two attached hydrogens (primary N) is 1. The van der Waals surface area contributed by atoms with Crippen molar-refractivity contribution >= 4 is 5.91 Å². The van der Waals surface area contributed by atoms with Crippen molar-refractivity contribution in [3.63, 3.8) is 0 Å². The minimum atomic E-state index is -0.417. The maximum Gasteiger partial charge on any atom is 0.239 e. The summed E-state index contributed by atoms with van der Waals surface area (Å²) in [4.78, 5) is 17.9. The van der Waals surface area contributed by atoms with Crippen LogP contribution in [0.2, 0.25) is 0 Å². The van der Waals surface area contributed by atoms with Crippen LogP contribution in [0.15, 0.2) is 24.5 Å². The highest BCUT2D eigenvalue weighted by Gasteiger charge is 2.23. The van der Waals surface area contributed by atoms with E-state index < -0.39 is 6.04 Å². The largest absolute Gasteiger partial charge is 0.338 e. The third kappa shape index (κ3) is 3.81. The van der Waals surface area contributed by atoms with Gasteiger partial charge in [0.1, 0.15) is 0 Å². The highest BCUT2D eigenvalue weighted by Crippen LogP contribution is 2.19. The van der Waals surface area contributed by atoms with Crippen LogP contribution in [-0.2, 0) is 4.79 Å². The Kier molecular flexibility index (Phi) is 5.28. The molecule has 4 heteroatoms. The fraction of sp³-hybridized carbons (Fsp3) is 0.571. The Labute approximate surface area is 109 Å². The highest BCUT2D eigenvalue weighted by atomic mass is 16.2. The van der Waals surface area contributed by atoms with Crippen molar-refractivity contribution in [2.75, 3.05) is 7.05 Å². The Hall–Kier alpha value is -1.42. The van der Waals surface area contributed by atoms with Gasteiger partial charge in [0.15, 0.2) is 0 Å². The second kappa shape index (κ2) is 6.50. The van der Waals surface area contributed by atoms with Gasteiger partial charge in [-0.25, -0.2) is 0 Å². The SMILES string of the molecule is CC(C)CC(N)C(=O)N(C)C(C)c1ccncc1. The Balaban J connectivity index is 2.69. The van der Waals surface area contributed by atoms with Gasteiger partial charge in [0.2, 0.25) is 5.91 Å². The summed E-state index contributed by atoms with van der Waals surface area (Å²) >= 11 is 0. The Morgan fingerprint density at radius 3 is 2.39 bits per heavy atom. The lowest BCUT2D eigenvalue weighted by Gasteiger charge is -2.28. The third-order valence-corrected chi connectivity index (χ3v) is 3.16. The first-order valence-corrected chi connectivity index (χ1v) is 6.35. The molecule has 2 N–H and O–H groups in total. The first-order valence-electron chi connectivity index (χ1n) is 6.35. The molecule has 2 unspecified atom stereocenters. The predicted molar refractivity (Wildman–Crippen MR) is 72.9 cm³/mol. The van der Waals surface area contributed by atoms with Crippen molar-refractivity contribution in [2.24, 2.45) is 11.7 Å². The molecular weight excluding hydrogens is 226 g/mol. The molecule has 0 saturated carbocycles. The first kappa shape index (κ1) is 14.6. The van der Waals surface area contributed by atoms with Gasteiger partial charge in [0, 0.05) is 19.4 Å². The number of likely N-dealkylation sites (N-methyl/N-ethyl adjacent to an activating group) is 1. The van der Waals surface area contributed by atoms with Crippen LogP contribution in [0.5, 0.6) is 0 Å². The van der Waals surface area contributed by atoms with Gasteiger partial charge >= 0.3 is 0 Å². The molecule has 1 aromatic heterocycles. The maximum atomic E-state index is 12.2. The molecule has 1 heterocycles. The molecule has 0 fully saturated rings. The lowest BCUT2D eigenvalue weighted by molar-refractivity contribution is -0.133. The smallest absolute Gasteiger partial charge is 0.239 e. The molecular formula is C14H23N3O. The van der Waals surface area contributed by atoms with Crippen LogP contribution in [0, 0.1) is 5.92 Å². The number of hydrogen-bond acceptors (Lipinski definition) is 3. The van der Waals surface area contributed by atoms with Crippen molar-refractivity contribution < 1.29 is 4.79 Å². The Bertz CT molecular complexity index is 378. The molecule has 1 amide bonds. The molecule has 4 nitrogen and oxygen atoms in total. The number of rotatable bonds is 5. The molecule has 100 valence electrons. The van der Waals surface area contributed by atoms with Gasteiger partial charge in [0.05, 0.1) is 12.1 Å². The van der Waals surface area contributed by atoms with E-state index in [0.29, 0.717) is 12.3 Å². The summed E-state index contributed by atoms with van der Waals surface area (Å²) in [5, 5.41) is 0. The van der Waals surface area contributed by atoms with Gasteiger partial charge in [-0.3, -0.25) is 9.78 Å². The van der Waals surface area contributed by atoms with Gasteiger partial charge in [-0.05, 0) is 37.0 Å². The van der Waals surface area contributed by atoms with Crippen molar-refractivity contribution in [3.8, 4) is 0 Å². The van der Waals surface area contributed by atoms with Crippen LogP contribution in [0.25, 0.3) is 0 Å². The zero-order chi connectivity index (χ0) is 13.7. The van der Waals surface area contributed by atoms with Gasteiger partial charge in [-0.15, -0.1) is 0 Å². The number of carbonyl (C=O) groups excluding carboxylic acids is 1. The first-order chi connectivity index (χ1) is 8.43. The van der Waals surface area contributed by atoms with Gasteiger partial charge in [-0.1, -0.05) is 13.8 Å². The minimum absolute atomic E-state index is 0.00647. The van der Waals surface area contributed by atoms with Crippen LogP contribution >= 0.6 is 0 Å². The lowest BCUT2D eigenvalue weighted by Crippen LogP contribution is -2.43. The number of nitrogens with zero attached hydrogens (tertiary/aromatic N) is 2. The van der Waals surface area contributed by atoms with Crippen LogP contribution in [0.3, 0.4) is 0 Å². The Morgan fingerprint density at radius 1 is 1.33 bits per heavy atom. The number of aromatic nitrogens is 1. The van der Waals surface area contributed by atoms with Crippen molar-refractivity contribution in [1.82, 2.24) is 9.88 Å². The number of hydrogen-bond donors (Lipinski definition) is 1. The molecule has 0 bridgehead atoms. The molecule has 1 rings (SSSR count). The van der Waals surface area contributed by atoms with E-state index in [2.05, 4.69) is 18.8 Å². The maximum absolute atomic E-state index is 12.2. The summed E-state index contributed by atoms with van der Waals surface area (Å²) in [5.41, 5.74) is 7.00. The number of amides is 1. The minimum Gasteiger partial charge on any atom is -0.338 e. The quantitative estimate of drug-likeness (QED) is 0.868. The molecule has 18 heavy (non-hydrogen) atoms. The van der Waals surface area contributed by atoms with E-state index in [4.69, 9.17) is 5.73 Å². The van der Waals surface area contributed by atoms with Gasteiger partial charge in [-0.2, -0.15) is 0 Å². The molecule has 0 aliphatic heterocycles. The molecule has 0 saturated heterocycles. The van der Waals surface area contributed by atoms with Crippen molar-refractivity contribution in [1.29, 1.82) is 0 Å². The monoisotopic (exact) mass is 249 g/mol. The van der Waals surface area contributed by atoms with E-state index in [1.165, 1.54) is 0 Å². The molecule has 0 aliphatic rings. The summed E-state index contributed by atoms with van der Waals surface area (Å²) in [7, 11) is 1.80. The van der Waals surface area contributed by atoms with E-state index in [1.54, 1.807) is 24.3 Å². The molecule has 2 atom stereocenters. The summed E-state index contributed by atoms with van der Waals surface area (Å²) < 4.78 is 0. The molecule has 0 aliphatic carbocycles. The summed E-state index contributed by atoms with van der Waals surface area (Å²) in [5.74, 6) is 0.418. The molecule has 1 aromatic rings. The standard InChI is InChI=1S/C14H23N3O/c1-10(2)9-13(15)14(18)17(4)11(3)12-5-7-16-8-6-12/h5-8,10-11,13H,9,15H2,1-4H3. The summed E-state index contributed by atoms with van der Waals surface area (Å²) in [6.07, 6.45) is 4.18. The Morgan fingerprint density at radius 2 is 1.89 bits per heavy atom. The van der Waals surface area contributed by atoms with E-state index in [9.17, 15) is 4.79 Å². The average molecular weight is 249 g/mol. The highest BCUT2D eigenvalue weighted by molar-refractivity contribution is 5.81. The van der Waals surface area contributed by atoms with Crippen molar-refractivity contribution in [3.05, 3.63) is 30.1 Å². The predicted octanol–water partition coefficient (Wildman–Crippen LogP) is 1.97. The topological polar surface area (TPSA) is 59.2 Å². The fourth-order valence-electron chi connectivity index (χ4n) is 1.93. The molecule has 0 aromatic carbocycles. The van der Waals surface area contributed by atoms with E-state index in [-0.39, 0.29) is 11.9 Å². The number of carbonyl (C=O) groups is 1. The molecule has 0 radical (unpaired) electrons. The lowest BCUT2D eigenvalue weighted by atomic mass is 10.0. The number of pyridine rings is 1. The van der Waals surface area contributed by atoms with Crippen molar-refractivity contribution in [2.45, 2.75) is 39.3 Å². The third-order valence-electron chi connectivity index (χ3n) is 3.16. The zero-order valence-corrected chi connectivity index (χ0v) is 11.6. The van der Waals surface area contributed by atoms with Crippen LogP contribution in [0.1, 0.15) is 38.8 Å². The summed E-state index contributed by atoms with van der Waals surface area (Å²) in [6.45, 7) is 6.13. The average Bonchev–Trinajstić information content (AvgIpc) is 2.36. The fourth-order valence-corrected chi connectivity index (χ4v) is 1.93. The van der Waals surface area contributed by atoms with Crippen LogP contribution in [-0.4, -0.2) is 28.9 Å². The van der Waals surface area contributed by atoms with Crippen LogP contribution in [0.4, 0.5) is 0 Å². The summed E-state index contributed by atoms with van der Waals surface area (Å²) in [6, 6.07) is 3.43. The second-order valence-corrected chi connectivity index (χ2v) is 5.14. The second-order valence-electron chi connectivity index (χ2n) is 5.14. The van der Waals surface area contributed by atoms with Gasteiger partial charge < -0.3 is 10.6 Å². The van der Waals surface area contributed by atoms with Gasteiger partial charge in [0.25, 0.3) is 0 Å². The van der Waals surface area contributed by atoms with Crippen LogP contribution < -0.4 is 5.73 Å². The zero-order valence-electron chi connectivity index (χ0n) is 11.6. The molecule has 0 spiro atoms. The van der Waals surface area contributed by atoms with E-state index in [1.807, 2.05) is 19.1 Å². The van der Waals surface area contributed by atoms with E-state index in [0.717, 1.165) is 5.56 Å². The van der Waals surface area contributed by atoms with E-state index >= 15 is 0 Å².